The molecule has 0 aliphatic rings. The van der Waals surface area contributed by atoms with Crippen molar-refractivity contribution in [1.82, 2.24) is 19.7 Å². The molecule has 4 rings (SSSR count). The Hall–Kier alpha value is -3.06. The zero-order chi connectivity index (χ0) is 19.3. The summed E-state index contributed by atoms with van der Waals surface area (Å²) in [4.78, 5) is 9.34. The molecule has 28 heavy (non-hydrogen) atoms. The average Bonchev–Trinajstić information content (AvgIpc) is 3.15. The Morgan fingerprint density at radius 3 is 2.64 bits per heavy atom. The van der Waals surface area contributed by atoms with E-state index in [1.807, 2.05) is 53.5 Å². The molecular weight excluding hydrogens is 370 g/mol. The van der Waals surface area contributed by atoms with Crippen LogP contribution in [0.1, 0.15) is 11.1 Å². The van der Waals surface area contributed by atoms with Crippen LogP contribution < -0.4 is 10.1 Å². The lowest BCUT2D eigenvalue weighted by molar-refractivity contribution is 0.414. The molecule has 0 bridgehead atoms. The molecule has 1 N–H and O–H groups in total. The second-order valence-corrected chi connectivity index (χ2v) is 7.06. The fourth-order valence-corrected chi connectivity index (χ4v) is 3.36. The number of rotatable bonds is 7. The fourth-order valence-electron chi connectivity index (χ4n) is 3.00. The molecule has 0 saturated heterocycles. The minimum Gasteiger partial charge on any atom is -0.497 e. The number of fused-ring (bicyclic) bond motifs is 1. The Kier molecular flexibility index (Phi) is 5.43. The first-order valence-corrected chi connectivity index (χ1v) is 10.2. The molecule has 0 aliphatic heterocycles. The molecule has 142 valence electrons. The molecule has 4 aromatic rings. The van der Waals surface area contributed by atoms with Gasteiger partial charge in [-0.25, -0.2) is 14.6 Å². The normalized spacial score (nSPS) is 10.9. The largest absolute Gasteiger partial charge is 0.497 e. The average molecular weight is 392 g/mol. The number of aromatic nitrogens is 4. The topological polar surface area (TPSA) is 64.9 Å². The molecule has 2 heterocycles. The first-order chi connectivity index (χ1) is 13.8. The van der Waals surface area contributed by atoms with Crippen molar-refractivity contribution in [3.05, 3.63) is 71.9 Å². The summed E-state index contributed by atoms with van der Waals surface area (Å²) in [5, 5.41) is 9.62. The molecule has 7 heteroatoms. The summed E-state index contributed by atoms with van der Waals surface area (Å²) in [6.07, 6.45) is 3.81. The summed E-state index contributed by atoms with van der Waals surface area (Å²) < 4.78 is 7.22. The van der Waals surface area contributed by atoms with Gasteiger partial charge < -0.3 is 10.1 Å². The third-order valence-corrected chi connectivity index (χ3v) is 4.98. The minimum absolute atomic E-state index is 0.640. The summed E-state index contributed by atoms with van der Waals surface area (Å²) in [7, 11) is 1.67. The third kappa shape index (κ3) is 3.94. The number of nitrogens with one attached hydrogen (secondary N) is 1. The predicted octanol–water partition coefficient (Wildman–Crippen LogP) is 4.22. The molecule has 0 unspecified atom stereocenters. The Morgan fingerprint density at radius 1 is 1.04 bits per heavy atom. The van der Waals surface area contributed by atoms with Crippen LogP contribution in [0.5, 0.6) is 5.75 Å². The number of benzene rings is 2. The molecule has 0 fully saturated rings. The van der Waals surface area contributed by atoms with Crippen LogP contribution in [-0.4, -0.2) is 33.1 Å². The number of hydrogen-bond acceptors (Lipinski definition) is 6. The summed E-state index contributed by atoms with van der Waals surface area (Å²) in [6, 6.07) is 18.2. The van der Waals surface area contributed by atoms with Crippen molar-refractivity contribution in [2.45, 2.75) is 18.2 Å². The highest BCUT2D eigenvalue weighted by molar-refractivity contribution is 7.98. The SMILES string of the molecule is COc1cccc(CNc2nc(SC)nc3c2cnn3Cc2ccccc2)c1. The lowest BCUT2D eigenvalue weighted by Crippen LogP contribution is -2.06. The van der Waals surface area contributed by atoms with Gasteiger partial charge in [0.1, 0.15) is 11.6 Å². The number of ether oxygens (including phenoxy) is 1. The molecule has 2 aromatic carbocycles. The Bertz CT molecular complexity index is 1080. The van der Waals surface area contributed by atoms with Crippen molar-refractivity contribution in [2.24, 2.45) is 0 Å². The van der Waals surface area contributed by atoms with Gasteiger partial charge in [-0.05, 0) is 29.5 Å². The summed E-state index contributed by atoms with van der Waals surface area (Å²) >= 11 is 1.52. The first-order valence-electron chi connectivity index (χ1n) is 8.95. The second-order valence-electron chi connectivity index (χ2n) is 6.29. The van der Waals surface area contributed by atoms with E-state index in [0.29, 0.717) is 13.1 Å². The molecule has 0 amide bonds. The van der Waals surface area contributed by atoms with Crippen molar-refractivity contribution in [2.75, 3.05) is 18.7 Å². The van der Waals surface area contributed by atoms with Crippen molar-refractivity contribution in [3.8, 4) is 5.75 Å². The van der Waals surface area contributed by atoms with E-state index in [9.17, 15) is 0 Å². The third-order valence-electron chi connectivity index (χ3n) is 4.43. The van der Waals surface area contributed by atoms with Gasteiger partial charge in [0.05, 0.1) is 25.2 Å². The van der Waals surface area contributed by atoms with E-state index < -0.39 is 0 Å². The van der Waals surface area contributed by atoms with Gasteiger partial charge >= 0.3 is 0 Å². The maximum absolute atomic E-state index is 5.30. The molecular formula is C21H21N5OS. The van der Waals surface area contributed by atoms with E-state index in [1.165, 1.54) is 17.3 Å². The molecule has 0 atom stereocenters. The number of thioether (sulfide) groups is 1. The van der Waals surface area contributed by atoms with E-state index in [0.717, 1.165) is 33.3 Å². The fraction of sp³-hybridized carbons (Fsp3) is 0.190. The quantitative estimate of drug-likeness (QED) is 0.376. The predicted molar refractivity (Wildman–Crippen MR) is 113 cm³/mol. The van der Waals surface area contributed by atoms with Gasteiger partial charge in [0.2, 0.25) is 0 Å². The molecule has 2 aromatic heterocycles. The zero-order valence-corrected chi connectivity index (χ0v) is 16.6. The van der Waals surface area contributed by atoms with E-state index in [-0.39, 0.29) is 0 Å². The first kappa shape index (κ1) is 18.3. The van der Waals surface area contributed by atoms with Gasteiger partial charge in [0.25, 0.3) is 0 Å². The second kappa shape index (κ2) is 8.31. The van der Waals surface area contributed by atoms with Gasteiger partial charge in [-0.1, -0.05) is 54.2 Å². The maximum Gasteiger partial charge on any atom is 0.191 e. The van der Waals surface area contributed by atoms with Gasteiger partial charge in [-0.15, -0.1) is 0 Å². The van der Waals surface area contributed by atoms with Crippen LogP contribution in [0.3, 0.4) is 0 Å². The van der Waals surface area contributed by atoms with Crippen molar-refractivity contribution >= 4 is 28.6 Å². The van der Waals surface area contributed by atoms with E-state index in [4.69, 9.17) is 4.74 Å². The summed E-state index contributed by atoms with van der Waals surface area (Å²) in [6.45, 7) is 1.31. The van der Waals surface area contributed by atoms with Crippen molar-refractivity contribution < 1.29 is 4.74 Å². The van der Waals surface area contributed by atoms with Gasteiger partial charge in [-0.3, -0.25) is 0 Å². The lowest BCUT2D eigenvalue weighted by Gasteiger charge is -2.10. The number of nitrogens with zero attached hydrogens (tertiary/aromatic N) is 4. The van der Waals surface area contributed by atoms with E-state index in [1.54, 1.807) is 7.11 Å². The van der Waals surface area contributed by atoms with Gasteiger partial charge in [0.15, 0.2) is 10.8 Å². The lowest BCUT2D eigenvalue weighted by atomic mass is 10.2. The number of hydrogen-bond donors (Lipinski definition) is 1. The standard InChI is InChI=1S/C21H21N5OS/c1-27-17-10-6-9-16(11-17)12-22-19-18-13-23-26(14-15-7-4-3-5-8-15)20(18)25-21(24-19)28-2/h3-11,13H,12,14H2,1-2H3,(H,22,24,25). The Labute approximate surface area is 168 Å². The molecule has 0 saturated carbocycles. The van der Waals surface area contributed by atoms with Gasteiger partial charge in [0, 0.05) is 6.54 Å². The van der Waals surface area contributed by atoms with Crippen LogP contribution in [0, 0.1) is 0 Å². The monoisotopic (exact) mass is 391 g/mol. The summed E-state index contributed by atoms with van der Waals surface area (Å²) in [5.74, 6) is 1.63. The Balaban J connectivity index is 1.64. The summed E-state index contributed by atoms with van der Waals surface area (Å²) in [5.41, 5.74) is 3.13. The van der Waals surface area contributed by atoms with Crippen LogP contribution in [0.4, 0.5) is 5.82 Å². The zero-order valence-electron chi connectivity index (χ0n) is 15.8. The van der Waals surface area contributed by atoms with E-state index >= 15 is 0 Å². The number of methoxy groups -OCH3 is 1. The van der Waals surface area contributed by atoms with Crippen LogP contribution in [-0.2, 0) is 13.1 Å². The van der Waals surface area contributed by atoms with Crippen LogP contribution in [0.15, 0.2) is 66.0 Å². The maximum atomic E-state index is 5.30. The van der Waals surface area contributed by atoms with Gasteiger partial charge in [-0.2, -0.15) is 5.10 Å². The highest BCUT2D eigenvalue weighted by atomic mass is 32.2. The molecule has 6 nitrogen and oxygen atoms in total. The smallest absolute Gasteiger partial charge is 0.191 e. The van der Waals surface area contributed by atoms with Crippen molar-refractivity contribution in [3.63, 3.8) is 0 Å². The van der Waals surface area contributed by atoms with Crippen LogP contribution in [0.2, 0.25) is 0 Å². The molecule has 0 aliphatic carbocycles. The minimum atomic E-state index is 0.640. The number of anilines is 1. The molecule has 0 radical (unpaired) electrons. The van der Waals surface area contributed by atoms with Crippen LogP contribution >= 0.6 is 11.8 Å². The molecule has 0 spiro atoms. The van der Waals surface area contributed by atoms with Crippen LogP contribution in [0.25, 0.3) is 11.0 Å². The Morgan fingerprint density at radius 2 is 1.86 bits per heavy atom. The highest BCUT2D eigenvalue weighted by Gasteiger charge is 2.13. The van der Waals surface area contributed by atoms with E-state index in [2.05, 4.69) is 38.6 Å². The highest BCUT2D eigenvalue weighted by Crippen LogP contribution is 2.25. The van der Waals surface area contributed by atoms with Crippen molar-refractivity contribution in [1.29, 1.82) is 0 Å².